The molecule has 0 spiro atoms. The Morgan fingerprint density at radius 3 is 2.66 bits per heavy atom. The Balaban J connectivity index is 1.29. The SMILES string of the molecule is Cc1cc(C(=O)Nc2cc(Nc3ccc4c(/C=C/c5ccccn5)nn(C5CCCCO5)c4c3)ccc2F)n(C)n1. The van der Waals surface area contributed by atoms with Crippen molar-refractivity contribution in [1.29, 1.82) is 0 Å². The topological polar surface area (TPSA) is 98.9 Å². The van der Waals surface area contributed by atoms with Crippen molar-refractivity contribution in [2.75, 3.05) is 17.2 Å². The van der Waals surface area contributed by atoms with Gasteiger partial charge in [0, 0.05) is 36.6 Å². The number of carbonyl (C=O) groups excluding carboxylic acids is 1. The van der Waals surface area contributed by atoms with Crippen LogP contribution in [0.2, 0.25) is 0 Å². The summed E-state index contributed by atoms with van der Waals surface area (Å²) in [5.74, 6) is -0.969. The predicted molar refractivity (Wildman–Crippen MR) is 157 cm³/mol. The standard InChI is InChI=1S/C31H30FN7O2/c1-20-17-29(38(2)36-20)31(40)35-27-18-22(10-13-25(27)32)34-23-9-12-24-26(14-11-21-7-3-5-15-33-21)37-39(28(24)19-23)30-8-4-6-16-41-30/h3,5,7,9-15,17-19,30,34H,4,6,8,16H2,1-2H3,(H,35,40)/b14-11+. The van der Waals surface area contributed by atoms with Gasteiger partial charge in [-0.3, -0.25) is 14.5 Å². The predicted octanol–water partition coefficient (Wildman–Crippen LogP) is 6.48. The van der Waals surface area contributed by atoms with Crippen LogP contribution in [0.1, 0.15) is 53.1 Å². The molecule has 9 nitrogen and oxygen atoms in total. The summed E-state index contributed by atoms with van der Waals surface area (Å²) in [6.07, 6.45) is 8.52. The van der Waals surface area contributed by atoms with Crippen LogP contribution in [0.4, 0.5) is 21.5 Å². The highest BCUT2D eigenvalue weighted by Crippen LogP contribution is 2.32. The number of pyridine rings is 1. The number of aromatic nitrogens is 5. The number of carbonyl (C=O) groups is 1. The first-order chi connectivity index (χ1) is 19.9. The molecule has 208 valence electrons. The quantitative estimate of drug-likeness (QED) is 0.240. The second-order valence-corrected chi connectivity index (χ2v) is 10.0. The number of nitrogens with zero attached hydrogens (tertiary/aromatic N) is 5. The Bertz CT molecular complexity index is 1740. The Hall–Kier alpha value is -4.83. The number of fused-ring (bicyclic) bond motifs is 1. The van der Waals surface area contributed by atoms with Crippen molar-refractivity contribution in [3.63, 3.8) is 0 Å². The van der Waals surface area contributed by atoms with E-state index in [2.05, 4.69) is 20.7 Å². The molecule has 1 aliphatic heterocycles. The van der Waals surface area contributed by atoms with Crippen LogP contribution in [-0.4, -0.2) is 37.1 Å². The molecule has 2 aromatic carbocycles. The zero-order chi connectivity index (χ0) is 28.3. The van der Waals surface area contributed by atoms with Gasteiger partial charge in [-0.25, -0.2) is 9.07 Å². The maximum Gasteiger partial charge on any atom is 0.274 e. The highest BCUT2D eigenvalue weighted by atomic mass is 19.1. The van der Waals surface area contributed by atoms with Gasteiger partial charge in [0.25, 0.3) is 5.91 Å². The van der Waals surface area contributed by atoms with Gasteiger partial charge >= 0.3 is 0 Å². The maximum absolute atomic E-state index is 14.7. The van der Waals surface area contributed by atoms with E-state index in [0.29, 0.717) is 23.7 Å². The van der Waals surface area contributed by atoms with Gasteiger partial charge in [0.2, 0.25) is 0 Å². The van der Waals surface area contributed by atoms with E-state index >= 15 is 0 Å². The minimum Gasteiger partial charge on any atom is -0.356 e. The molecule has 1 unspecified atom stereocenters. The fraction of sp³-hybridized carbons (Fsp3) is 0.226. The molecule has 0 bridgehead atoms. The van der Waals surface area contributed by atoms with E-state index in [1.165, 1.54) is 10.7 Å². The van der Waals surface area contributed by atoms with Crippen LogP contribution in [0.15, 0.2) is 66.9 Å². The third-order valence-corrected chi connectivity index (χ3v) is 7.00. The van der Waals surface area contributed by atoms with E-state index in [0.717, 1.165) is 47.2 Å². The molecule has 1 fully saturated rings. The molecule has 10 heteroatoms. The van der Waals surface area contributed by atoms with E-state index in [1.807, 2.05) is 53.2 Å². The van der Waals surface area contributed by atoms with Crippen LogP contribution in [0.5, 0.6) is 0 Å². The highest BCUT2D eigenvalue weighted by Gasteiger charge is 2.21. The lowest BCUT2D eigenvalue weighted by atomic mass is 10.1. The van der Waals surface area contributed by atoms with Crippen molar-refractivity contribution in [2.24, 2.45) is 7.05 Å². The van der Waals surface area contributed by atoms with Crippen LogP contribution in [0, 0.1) is 12.7 Å². The molecule has 0 radical (unpaired) electrons. The van der Waals surface area contributed by atoms with Crippen LogP contribution in [-0.2, 0) is 11.8 Å². The average Bonchev–Trinajstić information content (AvgIpc) is 3.53. The van der Waals surface area contributed by atoms with Gasteiger partial charge in [0.15, 0.2) is 6.23 Å². The number of nitrogens with one attached hydrogen (secondary N) is 2. The van der Waals surface area contributed by atoms with E-state index in [1.54, 1.807) is 38.4 Å². The molecule has 0 aliphatic carbocycles. The summed E-state index contributed by atoms with van der Waals surface area (Å²) in [4.78, 5) is 17.1. The number of ether oxygens (including phenoxy) is 1. The lowest BCUT2D eigenvalue weighted by molar-refractivity contribution is -0.0367. The van der Waals surface area contributed by atoms with E-state index in [4.69, 9.17) is 9.84 Å². The van der Waals surface area contributed by atoms with Crippen molar-refractivity contribution in [1.82, 2.24) is 24.5 Å². The molecular weight excluding hydrogens is 521 g/mol. The Labute approximate surface area is 236 Å². The van der Waals surface area contributed by atoms with Crippen LogP contribution in [0.25, 0.3) is 23.1 Å². The summed E-state index contributed by atoms with van der Waals surface area (Å²) < 4.78 is 24.1. The number of benzene rings is 2. The Morgan fingerprint density at radius 2 is 1.90 bits per heavy atom. The minimum absolute atomic E-state index is 0.0718. The third kappa shape index (κ3) is 5.73. The van der Waals surface area contributed by atoms with Gasteiger partial charge in [-0.2, -0.15) is 10.2 Å². The number of amides is 1. The number of hydrogen-bond acceptors (Lipinski definition) is 6. The average molecular weight is 552 g/mol. The first-order valence-electron chi connectivity index (χ1n) is 13.6. The van der Waals surface area contributed by atoms with Gasteiger partial charge in [-0.1, -0.05) is 6.07 Å². The number of halogens is 1. The molecule has 41 heavy (non-hydrogen) atoms. The second-order valence-electron chi connectivity index (χ2n) is 10.0. The number of aryl methyl sites for hydroxylation is 2. The van der Waals surface area contributed by atoms with Gasteiger partial charge in [-0.15, -0.1) is 0 Å². The summed E-state index contributed by atoms with van der Waals surface area (Å²) in [6, 6.07) is 17.9. The maximum atomic E-state index is 14.7. The first-order valence-corrected chi connectivity index (χ1v) is 13.6. The number of anilines is 3. The lowest BCUT2D eigenvalue weighted by Gasteiger charge is -2.23. The molecule has 2 N–H and O–H groups in total. The Morgan fingerprint density at radius 1 is 1.05 bits per heavy atom. The Kier molecular flexibility index (Phi) is 7.30. The second kappa shape index (κ2) is 11.3. The van der Waals surface area contributed by atoms with Crippen molar-refractivity contribution < 1.29 is 13.9 Å². The van der Waals surface area contributed by atoms with Crippen molar-refractivity contribution in [3.05, 3.63) is 95.5 Å². The molecule has 5 aromatic rings. The molecule has 1 atom stereocenters. The summed E-state index contributed by atoms with van der Waals surface area (Å²) in [7, 11) is 1.68. The van der Waals surface area contributed by atoms with Crippen molar-refractivity contribution >= 4 is 46.0 Å². The summed E-state index contributed by atoms with van der Waals surface area (Å²) in [5.41, 5.74) is 5.13. The molecule has 4 heterocycles. The normalized spacial score (nSPS) is 15.4. The molecular formula is C31H30FN7O2. The van der Waals surface area contributed by atoms with Gasteiger partial charge in [0.1, 0.15) is 11.5 Å². The molecule has 1 amide bonds. The van der Waals surface area contributed by atoms with Crippen LogP contribution in [0.3, 0.4) is 0 Å². The highest BCUT2D eigenvalue weighted by molar-refractivity contribution is 6.03. The fourth-order valence-corrected chi connectivity index (χ4v) is 5.01. The van der Waals surface area contributed by atoms with E-state index in [9.17, 15) is 9.18 Å². The van der Waals surface area contributed by atoms with Crippen molar-refractivity contribution in [3.8, 4) is 0 Å². The largest absolute Gasteiger partial charge is 0.356 e. The summed E-state index contributed by atoms with van der Waals surface area (Å²) >= 11 is 0. The fourth-order valence-electron chi connectivity index (χ4n) is 5.01. The van der Waals surface area contributed by atoms with Gasteiger partial charge < -0.3 is 15.4 Å². The van der Waals surface area contributed by atoms with Gasteiger partial charge in [0.05, 0.1) is 28.3 Å². The van der Waals surface area contributed by atoms with Crippen molar-refractivity contribution in [2.45, 2.75) is 32.4 Å². The lowest BCUT2D eigenvalue weighted by Crippen LogP contribution is -2.19. The molecule has 0 saturated carbocycles. The zero-order valence-electron chi connectivity index (χ0n) is 22.8. The summed E-state index contributed by atoms with van der Waals surface area (Å²) in [6.45, 7) is 2.50. The van der Waals surface area contributed by atoms with Gasteiger partial charge in [-0.05, 0) is 92.9 Å². The number of hydrogen-bond donors (Lipinski definition) is 2. The zero-order valence-corrected chi connectivity index (χ0v) is 22.8. The van der Waals surface area contributed by atoms with E-state index in [-0.39, 0.29) is 11.9 Å². The molecule has 3 aromatic heterocycles. The first kappa shape index (κ1) is 26.4. The smallest absolute Gasteiger partial charge is 0.274 e. The molecule has 1 aliphatic rings. The summed E-state index contributed by atoms with van der Waals surface area (Å²) in [5, 5.41) is 16.1. The van der Waals surface area contributed by atoms with Crippen LogP contribution < -0.4 is 10.6 Å². The molecule has 6 rings (SSSR count). The third-order valence-electron chi connectivity index (χ3n) is 7.00. The number of rotatable bonds is 7. The van der Waals surface area contributed by atoms with E-state index < -0.39 is 11.7 Å². The monoisotopic (exact) mass is 551 g/mol. The van der Waals surface area contributed by atoms with Crippen LogP contribution >= 0.6 is 0 Å². The minimum atomic E-state index is -0.532. The molecule has 1 saturated heterocycles.